The maximum Gasteiger partial charge on any atom is 0.142 e. The van der Waals surface area contributed by atoms with Gasteiger partial charge < -0.3 is 10.2 Å². The highest BCUT2D eigenvalue weighted by atomic mass is 35.5. The van der Waals surface area contributed by atoms with Crippen molar-refractivity contribution in [2.75, 3.05) is 0 Å². The number of nitrogens with one attached hydrogen (secondary N) is 1. The molecule has 1 N–H and O–H groups in total. The third-order valence-electron chi connectivity index (χ3n) is 5.32. The van der Waals surface area contributed by atoms with Gasteiger partial charge in [-0.15, -0.1) is 11.8 Å². The molecule has 1 unspecified atom stereocenters. The van der Waals surface area contributed by atoms with Gasteiger partial charge in [0.15, 0.2) is 0 Å². The van der Waals surface area contributed by atoms with E-state index in [-0.39, 0.29) is 5.25 Å². The highest BCUT2D eigenvalue weighted by molar-refractivity contribution is 8.00. The maximum absolute atomic E-state index is 6.29. The topological polar surface area (TPSA) is 33.6 Å². The molecule has 0 heterocycles. The lowest BCUT2D eigenvalue weighted by atomic mass is 10.1. The number of halogens is 1. The predicted molar refractivity (Wildman–Crippen MR) is 141 cm³/mol. The first kappa shape index (κ1) is 25.4. The van der Waals surface area contributed by atoms with E-state index in [9.17, 15) is 0 Å². The molecule has 3 aromatic carbocycles. The van der Waals surface area contributed by atoms with E-state index in [2.05, 4.69) is 79.8 Å². The fraction of sp³-hybridized carbons (Fsp3) is 0.250. The summed E-state index contributed by atoms with van der Waals surface area (Å²) in [6.07, 6.45) is 0.765. The van der Waals surface area contributed by atoms with Crippen molar-refractivity contribution in [3.05, 3.63) is 113 Å². The van der Waals surface area contributed by atoms with E-state index in [1.165, 1.54) is 21.6 Å². The zero-order valence-electron chi connectivity index (χ0n) is 19.5. The second kappa shape index (κ2) is 12.8. The van der Waals surface area contributed by atoms with Crippen LogP contribution < -0.4 is 5.32 Å². The molecule has 1 atom stereocenters. The van der Waals surface area contributed by atoms with Crippen LogP contribution in [0.4, 0.5) is 0 Å². The molecule has 33 heavy (non-hydrogen) atoms. The molecule has 0 fully saturated rings. The van der Waals surface area contributed by atoms with Gasteiger partial charge in [-0.05, 0) is 79.3 Å². The van der Waals surface area contributed by atoms with Crippen molar-refractivity contribution >= 4 is 29.1 Å². The van der Waals surface area contributed by atoms with Gasteiger partial charge >= 0.3 is 0 Å². The Bertz CT molecular complexity index is 1070. The van der Waals surface area contributed by atoms with Gasteiger partial charge in [0.05, 0.1) is 11.0 Å². The first-order chi connectivity index (χ1) is 16.0. The third-order valence-corrected chi connectivity index (χ3v) is 6.93. The molecule has 0 aliphatic carbocycles. The van der Waals surface area contributed by atoms with Crippen molar-refractivity contribution in [3.8, 4) is 0 Å². The quantitative estimate of drug-likeness (QED) is 0.132. The summed E-state index contributed by atoms with van der Waals surface area (Å²) in [4.78, 5) is 6.94. The summed E-state index contributed by atoms with van der Waals surface area (Å²) >= 11 is 8.05. The van der Waals surface area contributed by atoms with Crippen LogP contribution in [0.25, 0.3) is 0 Å². The highest BCUT2D eigenvalue weighted by Gasteiger charge is 2.18. The third kappa shape index (κ3) is 7.92. The summed E-state index contributed by atoms with van der Waals surface area (Å²) in [5.41, 5.74) is 6.86. The average Bonchev–Trinajstić information content (AvgIpc) is 2.81. The first-order valence-electron chi connectivity index (χ1n) is 11.0. The minimum Gasteiger partial charge on any atom is -0.391 e. The Morgan fingerprint density at radius 1 is 1.06 bits per heavy atom. The smallest absolute Gasteiger partial charge is 0.142 e. The molecule has 172 valence electrons. The summed E-state index contributed by atoms with van der Waals surface area (Å²) in [6.45, 7) is 13.2. The van der Waals surface area contributed by atoms with E-state index >= 15 is 0 Å². The van der Waals surface area contributed by atoms with Crippen LogP contribution in [0.2, 0.25) is 5.02 Å². The van der Waals surface area contributed by atoms with Gasteiger partial charge in [0, 0.05) is 23.0 Å². The van der Waals surface area contributed by atoms with Crippen LogP contribution in [0.5, 0.6) is 0 Å². The van der Waals surface area contributed by atoms with Crippen molar-refractivity contribution in [1.29, 1.82) is 0 Å². The standard InChI is InChI=1S/C28H31ClN2OS/c1-5-15-30-18-23-10-12-24(13-11-23)19-32-31-22(4)28(25-7-6-8-26(29)17-25)33-27-14-9-20(2)21(3)16-27/h6-17,28,30H,1,5,18-19H2,2-4H3/b31-22+. The molecule has 0 saturated heterocycles. The molecule has 0 bridgehead atoms. The molecule has 3 aromatic rings. The van der Waals surface area contributed by atoms with Crippen molar-refractivity contribution in [1.82, 2.24) is 5.32 Å². The van der Waals surface area contributed by atoms with E-state index in [0.29, 0.717) is 11.6 Å². The van der Waals surface area contributed by atoms with Gasteiger partial charge in [-0.25, -0.2) is 0 Å². The van der Waals surface area contributed by atoms with Gasteiger partial charge in [0.1, 0.15) is 6.61 Å². The molecule has 0 saturated carbocycles. The van der Waals surface area contributed by atoms with Crippen LogP contribution in [0.1, 0.15) is 46.4 Å². The van der Waals surface area contributed by atoms with Gasteiger partial charge in [-0.3, -0.25) is 0 Å². The molecule has 5 heteroatoms. The van der Waals surface area contributed by atoms with Crippen molar-refractivity contribution < 1.29 is 4.84 Å². The van der Waals surface area contributed by atoms with E-state index in [1.54, 1.807) is 11.8 Å². The molecule has 3 nitrogen and oxygen atoms in total. The monoisotopic (exact) mass is 478 g/mol. The van der Waals surface area contributed by atoms with Gasteiger partial charge in [-0.2, -0.15) is 0 Å². The van der Waals surface area contributed by atoms with Crippen LogP contribution in [0, 0.1) is 27.3 Å². The zero-order chi connectivity index (χ0) is 23.6. The Morgan fingerprint density at radius 2 is 1.82 bits per heavy atom. The molecule has 3 rings (SSSR count). The van der Waals surface area contributed by atoms with E-state index < -0.39 is 0 Å². The minimum absolute atomic E-state index is 0.00330. The SMILES string of the molecule is [CH2]C[CH]NCc1ccc(CO/N=C(\C)C(Sc2ccc(C)c(C)c2)c2cccc(Cl)c2)cc1. The van der Waals surface area contributed by atoms with Crippen molar-refractivity contribution in [2.45, 2.75) is 50.5 Å². The number of nitrogens with zero attached hydrogens (tertiary/aromatic N) is 1. The number of benzene rings is 3. The van der Waals surface area contributed by atoms with E-state index in [1.807, 2.05) is 31.7 Å². The van der Waals surface area contributed by atoms with Crippen LogP contribution >= 0.6 is 23.4 Å². The molecular weight excluding hydrogens is 448 g/mol. The molecule has 0 aliphatic heterocycles. The summed E-state index contributed by atoms with van der Waals surface area (Å²) in [7, 11) is 0. The lowest BCUT2D eigenvalue weighted by molar-refractivity contribution is 0.130. The predicted octanol–water partition coefficient (Wildman–Crippen LogP) is 7.86. The second-order valence-electron chi connectivity index (χ2n) is 8.00. The van der Waals surface area contributed by atoms with E-state index in [4.69, 9.17) is 16.4 Å². The fourth-order valence-corrected chi connectivity index (χ4v) is 4.65. The van der Waals surface area contributed by atoms with Crippen molar-refractivity contribution in [3.63, 3.8) is 0 Å². The van der Waals surface area contributed by atoms with Crippen LogP contribution in [0.15, 0.2) is 76.8 Å². The van der Waals surface area contributed by atoms with Gasteiger partial charge in [0.25, 0.3) is 0 Å². The number of rotatable bonds is 11. The van der Waals surface area contributed by atoms with Gasteiger partial charge in [0.2, 0.25) is 0 Å². The molecule has 2 radical (unpaired) electrons. The van der Waals surface area contributed by atoms with E-state index in [0.717, 1.165) is 29.8 Å². The number of hydrogen-bond donors (Lipinski definition) is 1. The van der Waals surface area contributed by atoms with Crippen LogP contribution in [0.3, 0.4) is 0 Å². The Morgan fingerprint density at radius 3 is 2.52 bits per heavy atom. The molecule has 0 spiro atoms. The largest absolute Gasteiger partial charge is 0.391 e. The molecule has 0 aromatic heterocycles. The van der Waals surface area contributed by atoms with Crippen LogP contribution in [-0.4, -0.2) is 5.71 Å². The highest BCUT2D eigenvalue weighted by Crippen LogP contribution is 2.38. The maximum atomic E-state index is 6.29. The summed E-state index contributed by atoms with van der Waals surface area (Å²) in [5.74, 6) is 0. The number of aryl methyl sites for hydroxylation is 2. The minimum atomic E-state index is 0.00330. The summed E-state index contributed by atoms with van der Waals surface area (Å²) in [6, 6.07) is 22.8. The van der Waals surface area contributed by atoms with Crippen molar-refractivity contribution in [2.24, 2.45) is 5.16 Å². The van der Waals surface area contributed by atoms with Gasteiger partial charge in [-0.1, -0.05) is 66.1 Å². The lowest BCUT2D eigenvalue weighted by Gasteiger charge is -2.18. The Balaban J connectivity index is 1.69. The second-order valence-corrected chi connectivity index (χ2v) is 9.61. The molecule has 0 amide bonds. The Hall–Kier alpha value is -2.27. The first-order valence-corrected chi connectivity index (χ1v) is 12.3. The fourth-order valence-electron chi connectivity index (χ4n) is 3.29. The number of oxime groups is 1. The molecular formula is C28H31ClN2OS. The molecule has 0 aliphatic rings. The summed E-state index contributed by atoms with van der Waals surface area (Å²) < 4.78 is 0. The normalized spacial score (nSPS) is 12.6. The Kier molecular flexibility index (Phi) is 9.86. The Labute approximate surface area is 207 Å². The lowest BCUT2D eigenvalue weighted by Crippen LogP contribution is -2.08. The number of thioether (sulfide) groups is 1. The van der Waals surface area contributed by atoms with Crippen LogP contribution in [-0.2, 0) is 18.0 Å². The average molecular weight is 479 g/mol. The number of hydrogen-bond acceptors (Lipinski definition) is 4. The summed E-state index contributed by atoms with van der Waals surface area (Å²) in [5, 5.41) is 8.43. The zero-order valence-corrected chi connectivity index (χ0v) is 21.0.